The summed E-state index contributed by atoms with van der Waals surface area (Å²) in [6.45, 7) is 2.07. The summed E-state index contributed by atoms with van der Waals surface area (Å²) >= 11 is 19.3. The molecular weight excluding hydrogens is 521 g/mol. The number of fused-ring (bicyclic) bond motifs is 1. The number of thiazole rings is 1. The number of aromatic nitrogens is 1. The summed E-state index contributed by atoms with van der Waals surface area (Å²) in [5, 5.41) is 7.49. The lowest BCUT2D eigenvalue weighted by Gasteiger charge is -2.09. The number of benzene rings is 3. The minimum Gasteiger partial charge on any atom is -0.451 e. The van der Waals surface area contributed by atoms with E-state index in [0.717, 1.165) is 26.5 Å². The van der Waals surface area contributed by atoms with Gasteiger partial charge in [-0.1, -0.05) is 35.3 Å². The van der Waals surface area contributed by atoms with Gasteiger partial charge in [0, 0.05) is 16.8 Å². The standard InChI is InChI=1S/C26H17Cl2N3O2S2/c1-14-5-10-19-22(13-14)35-25(30-19)15-6-8-16(9-7-15)29-26(34)31-24(32)21-12-11-20(33-21)17-3-2-4-18(27)23(17)28/h2-13H,1H3,(H2,29,31,32,34). The van der Waals surface area contributed by atoms with Crippen molar-refractivity contribution in [1.29, 1.82) is 0 Å². The van der Waals surface area contributed by atoms with Crippen LogP contribution in [0.2, 0.25) is 10.0 Å². The molecule has 2 N–H and O–H groups in total. The van der Waals surface area contributed by atoms with Crippen LogP contribution in [0.15, 0.2) is 77.2 Å². The van der Waals surface area contributed by atoms with Crippen molar-refractivity contribution in [3.8, 4) is 21.9 Å². The fourth-order valence-electron chi connectivity index (χ4n) is 3.48. The molecule has 2 heterocycles. The molecule has 5 aromatic rings. The zero-order chi connectivity index (χ0) is 24.5. The third kappa shape index (κ3) is 5.09. The highest BCUT2D eigenvalue weighted by Crippen LogP contribution is 2.34. The van der Waals surface area contributed by atoms with Gasteiger partial charge in [-0.3, -0.25) is 10.1 Å². The molecule has 174 valence electrons. The largest absolute Gasteiger partial charge is 0.451 e. The van der Waals surface area contributed by atoms with Gasteiger partial charge in [0.15, 0.2) is 10.9 Å². The monoisotopic (exact) mass is 537 g/mol. The van der Waals surface area contributed by atoms with Crippen LogP contribution in [0.5, 0.6) is 0 Å². The second kappa shape index (κ2) is 9.79. The number of nitrogens with one attached hydrogen (secondary N) is 2. The predicted octanol–water partition coefficient (Wildman–Crippen LogP) is 7.97. The van der Waals surface area contributed by atoms with E-state index < -0.39 is 5.91 Å². The molecule has 0 radical (unpaired) electrons. The van der Waals surface area contributed by atoms with Gasteiger partial charge in [-0.25, -0.2) is 4.98 Å². The molecule has 0 saturated carbocycles. The van der Waals surface area contributed by atoms with Crippen molar-refractivity contribution in [3.05, 3.63) is 94.2 Å². The second-order valence-corrected chi connectivity index (χ2v) is 9.97. The van der Waals surface area contributed by atoms with E-state index in [1.54, 1.807) is 41.7 Å². The lowest BCUT2D eigenvalue weighted by Crippen LogP contribution is -2.33. The number of thiocarbonyl (C=S) groups is 1. The Morgan fingerprint density at radius 2 is 1.83 bits per heavy atom. The van der Waals surface area contributed by atoms with Crippen molar-refractivity contribution in [3.63, 3.8) is 0 Å². The topological polar surface area (TPSA) is 67.2 Å². The maximum absolute atomic E-state index is 12.6. The van der Waals surface area contributed by atoms with Gasteiger partial charge in [-0.05, 0) is 85.4 Å². The van der Waals surface area contributed by atoms with Crippen molar-refractivity contribution < 1.29 is 9.21 Å². The van der Waals surface area contributed by atoms with Crippen molar-refractivity contribution in [2.45, 2.75) is 6.92 Å². The Balaban J connectivity index is 1.23. The number of anilines is 1. The molecule has 2 aromatic heterocycles. The number of rotatable bonds is 4. The smallest absolute Gasteiger partial charge is 0.293 e. The van der Waals surface area contributed by atoms with E-state index >= 15 is 0 Å². The van der Waals surface area contributed by atoms with Gasteiger partial charge in [0.05, 0.1) is 20.3 Å². The molecular formula is C26H17Cl2N3O2S2. The first-order valence-electron chi connectivity index (χ1n) is 10.5. The van der Waals surface area contributed by atoms with E-state index in [4.69, 9.17) is 44.8 Å². The highest BCUT2D eigenvalue weighted by atomic mass is 35.5. The Labute approximate surface area is 220 Å². The van der Waals surface area contributed by atoms with Crippen LogP contribution in [0.4, 0.5) is 5.69 Å². The maximum Gasteiger partial charge on any atom is 0.293 e. The highest BCUT2D eigenvalue weighted by Gasteiger charge is 2.16. The number of carbonyl (C=O) groups excluding carboxylic acids is 1. The van der Waals surface area contributed by atoms with Crippen LogP contribution in [0, 0.1) is 6.92 Å². The van der Waals surface area contributed by atoms with E-state index in [1.807, 2.05) is 30.3 Å². The number of hydrogen-bond donors (Lipinski definition) is 2. The molecule has 0 spiro atoms. The van der Waals surface area contributed by atoms with Crippen LogP contribution in [0.25, 0.3) is 32.1 Å². The van der Waals surface area contributed by atoms with Crippen molar-refractivity contribution >= 4 is 73.7 Å². The van der Waals surface area contributed by atoms with Crippen LogP contribution < -0.4 is 10.6 Å². The zero-order valence-electron chi connectivity index (χ0n) is 18.3. The number of furan rings is 1. The molecule has 5 rings (SSSR count). The lowest BCUT2D eigenvalue weighted by molar-refractivity contribution is 0.0951. The van der Waals surface area contributed by atoms with Crippen LogP contribution in [-0.2, 0) is 0 Å². The van der Waals surface area contributed by atoms with Gasteiger partial charge in [0.2, 0.25) is 0 Å². The van der Waals surface area contributed by atoms with Gasteiger partial charge < -0.3 is 9.73 Å². The van der Waals surface area contributed by atoms with Crippen LogP contribution in [0.3, 0.4) is 0 Å². The third-order valence-corrected chi connectivity index (χ3v) is 7.30. The fourth-order valence-corrected chi connectivity index (χ4v) is 5.15. The first-order valence-corrected chi connectivity index (χ1v) is 12.5. The average molecular weight is 538 g/mol. The molecule has 0 atom stereocenters. The van der Waals surface area contributed by atoms with Gasteiger partial charge in [-0.15, -0.1) is 11.3 Å². The van der Waals surface area contributed by atoms with Gasteiger partial charge in [0.1, 0.15) is 10.8 Å². The number of aryl methyl sites for hydroxylation is 1. The van der Waals surface area contributed by atoms with Gasteiger partial charge >= 0.3 is 0 Å². The number of amides is 1. The summed E-state index contributed by atoms with van der Waals surface area (Å²) in [5.41, 5.74) is 4.54. The first-order chi connectivity index (χ1) is 16.9. The number of carbonyl (C=O) groups is 1. The Morgan fingerprint density at radius 3 is 2.63 bits per heavy atom. The molecule has 0 unspecified atom stereocenters. The van der Waals surface area contributed by atoms with E-state index in [9.17, 15) is 4.79 Å². The van der Waals surface area contributed by atoms with Crippen LogP contribution >= 0.6 is 46.8 Å². The second-order valence-electron chi connectivity index (χ2n) is 7.74. The summed E-state index contributed by atoms with van der Waals surface area (Å²) in [5.74, 6) is 0.0528. The van der Waals surface area contributed by atoms with E-state index in [1.165, 1.54) is 5.56 Å². The van der Waals surface area contributed by atoms with Crippen molar-refractivity contribution in [2.75, 3.05) is 5.32 Å². The Bertz CT molecular complexity index is 1580. The molecule has 35 heavy (non-hydrogen) atoms. The molecule has 0 saturated heterocycles. The summed E-state index contributed by atoms with van der Waals surface area (Å²) in [6.07, 6.45) is 0. The number of nitrogens with zero attached hydrogens (tertiary/aromatic N) is 1. The molecule has 0 fully saturated rings. The van der Waals surface area contributed by atoms with Crippen LogP contribution in [0.1, 0.15) is 16.1 Å². The molecule has 0 aliphatic carbocycles. The molecule has 0 bridgehead atoms. The van der Waals surface area contributed by atoms with E-state index in [-0.39, 0.29) is 10.9 Å². The third-order valence-electron chi connectivity index (χ3n) is 5.21. The molecule has 0 aliphatic heterocycles. The lowest BCUT2D eigenvalue weighted by atomic mass is 10.2. The molecule has 9 heteroatoms. The van der Waals surface area contributed by atoms with Gasteiger partial charge in [0.25, 0.3) is 5.91 Å². The van der Waals surface area contributed by atoms with Gasteiger partial charge in [-0.2, -0.15) is 0 Å². The Kier molecular flexibility index (Phi) is 6.58. The molecule has 1 amide bonds. The summed E-state index contributed by atoms with van der Waals surface area (Å²) in [4.78, 5) is 17.3. The van der Waals surface area contributed by atoms with Crippen LogP contribution in [-0.4, -0.2) is 16.0 Å². The summed E-state index contributed by atoms with van der Waals surface area (Å²) in [6, 6.07) is 22.3. The zero-order valence-corrected chi connectivity index (χ0v) is 21.4. The molecule has 3 aromatic carbocycles. The summed E-state index contributed by atoms with van der Waals surface area (Å²) < 4.78 is 6.82. The number of hydrogen-bond acceptors (Lipinski definition) is 5. The van der Waals surface area contributed by atoms with Crippen molar-refractivity contribution in [1.82, 2.24) is 10.3 Å². The first kappa shape index (κ1) is 23.5. The average Bonchev–Trinajstić information content (AvgIpc) is 3.48. The number of halogens is 2. The minimum absolute atomic E-state index is 0.0987. The molecule has 5 nitrogen and oxygen atoms in total. The normalized spacial score (nSPS) is 10.9. The molecule has 0 aliphatic rings. The fraction of sp³-hybridized carbons (Fsp3) is 0.0385. The SMILES string of the molecule is Cc1ccc2nc(-c3ccc(NC(=S)NC(=O)c4ccc(-c5cccc(Cl)c5Cl)o4)cc3)sc2c1. The highest BCUT2D eigenvalue weighted by molar-refractivity contribution is 7.80. The Hall–Kier alpha value is -3.23. The minimum atomic E-state index is -0.478. The van der Waals surface area contributed by atoms with Crippen molar-refractivity contribution in [2.24, 2.45) is 0 Å². The predicted molar refractivity (Wildman–Crippen MR) is 148 cm³/mol. The Morgan fingerprint density at radius 1 is 1.03 bits per heavy atom. The maximum atomic E-state index is 12.6. The van der Waals surface area contributed by atoms with E-state index in [0.29, 0.717) is 21.4 Å². The summed E-state index contributed by atoms with van der Waals surface area (Å²) in [7, 11) is 0. The quantitative estimate of drug-likeness (QED) is 0.227. The van der Waals surface area contributed by atoms with E-state index in [2.05, 4.69) is 29.7 Å².